The number of aliphatic carboxylic acids is 1. The van der Waals surface area contributed by atoms with Crippen LogP contribution in [0.3, 0.4) is 0 Å². The predicted octanol–water partition coefficient (Wildman–Crippen LogP) is 2.10. The summed E-state index contributed by atoms with van der Waals surface area (Å²) in [6, 6.07) is 4.45. The zero-order chi connectivity index (χ0) is 19.7. The summed E-state index contributed by atoms with van der Waals surface area (Å²) in [5, 5.41) is 9.53. The van der Waals surface area contributed by atoms with E-state index in [-0.39, 0.29) is 10.5 Å². The van der Waals surface area contributed by atoms with Gasteiger partial charge in [-0.25, -0.2) is 13.2 Å². The van der Waals surface area contributed by atoms with Crippen molar-refractivity contribution in [3.8, 4) is 0 Å². The molecule has 144 valence electrons. The van der Waals surface area contributed by atoms with E-state index >= 15 is 0 Å². The van der Waals surface area contributed by atoms with Crippen molar-refractivity contribution in [2.45, 2.75) is 51.0 Å². The van der Waals surface area contributed by atoms with Gasteiger partial charge >= 0.3 is 5.97 Å². The number of carboxylic acid groups (broad SMARTS) is 1. The normalized spacial score (nSPS) is 20.6. The van der Waals surface area contributed by atoms with E-state index in [9.17, 15) is 23.1 Å². The second kappa shape index (κ2) is 7.36. The second-order valence-corrected chi connectivity index (χ2v) is 8.64. The van der Waals surface area contributed by atoms with Gasteiger partial charge in [-0.05, 0) is 44.4 Å². The number of likely N-dealkylation sites (tertiary alicyclic amines) is 1. The van der Waals surface area contributed by atoms with E-state index in [2.05, 4.69) is 0 Å². The van der Waals surface area contributed by atoms with Crippen molar-refractivity contribution in [1.82, 2.24) is 9.21 Å². The van der Waals surface area contributed by atoms with Crippen LogP contribution in [0.4, 0.5) is 0 Å². The molecule has 1 aliphatic heterocycles. The largest absolute Gasteiger partial charge is 0.480 e. The molecule has 0 bridgehead atoms. The number of amides is 1. The number of hydrogen-bond acceptors (Lipinski definition) is 4. The number of aryl methyl sites for hydroxylation is 1. The van der Waals surface area contributed by atoms with Gasteiger partial charge in [0.2, 0.25) is 10.0 Å². The third-order valence-corrected chi connectivity index (χ3v) is 7.18. The third kappa shape index (κ3) is 3.35. The van der Waals surface area contributed by atoms with Gasteiger partial charge in [-0.1, -0.05) is 19.9 Å². The molecular weight excluding hydrogens is 356 g/mol. The molecule has 1 N–H and O–H groups in total. The molecule has 0 spiro atoms. The maximum atomic E-state index is 13.0. The van der Waals surface area contributed by atoms with E-state index in [1.54, 1.807) is 26.8 Å². The minimum atomic E-state index is -3.70. The van der Waals surface area contributed by atoms with Gasteiger partial charge in [-0.15, -0.1) is 0 Å². The number of nitrogens with zero attached hydrogens (tertiary/aromatic N) is 2. The summed E-state index contributed by atoms with van der Waals surface area (Å²) in [5.74, 6) is -1.49. The topological polar surface area (TPSA) is 95.0 Å². The first-order valence-electron chi connectivity index (χ1n) is 8.75. The van der Waals surface area contributed by atoms with Gasteiger partial charge in [-0.3, -0.25) is 4.79 Å². The van der Waals surface area contributed by atoms with E-state index in [0.717, 1.165) is 0 Å². The van der Waals surface area contributed by atoms with E-state index in [4.69, 9.17) is 0 Å². The van der Waals surface area contributed by atoms with Crippen molar-refractivity contribution in [2.24, 2.45) is 0 Å². The zero-order valence-corrected chi connectivity index (χ0v) is 16.5. The summed E-state index contributed by atoms with van der Waals surface area (Å²) < 4.78 is 26.8. The fourth-order valence-corrected chi connectivity index (χ4v) is 4.85. The van der Waals surface area contributed by atoms with Crippen LogP contribution < -0.4 is 0 Å². The second-order valence-electron chi connectivity index (χ2n) is 6.71. The third-order valence-electron chi connectivity index (χ3n) is 5.13. The standard InChI is InChI=1S/C18H26N2O5S/c1-5-19(6-2)26(24,25)14-9-8-13(3)15(12-14)16(21)20-11-7-10-18(20,4)17(22)23/h8-9,12H,5-7,10-11H2,1-4H3,(H,22,23). The highest BCUT2D eigenvalue weighted by atomic mass is 32.2. The lowest BCUT2D eigenvalue weighted by atomic mass is 9.98. The van der Waals surface area contributed by atoms with Crippen LogP contribution in [-0.4, -0.2) is 59.8 Å². The fourth-order valence-electron chi connectivity index (χ4n) is 3.36. The zero-order valence-electron chi connectivity index (χ0n) is 15.7. The SMILES string of the molecule is CCN(CC)S(=O)(=O)c1ccc(C)c(C(=O)N2CCCC2(C)C(=O)O)c1. The average Bonchev–Trinajstić information content (AvgIpc) is 2.98. The maximum Gasteiger partial charge on any atom is 0.329 e. The van der Waals surface area contributed by atoms with Gasteiger partial charge in [0.15, 0.2) is 0 Å². The summed E-state index contributed by atoms with van der Waals surface area (Å²) >= 11 is 0. The molecule has 0 radical (unpaired) electrons. The van der Waals surface area contributed by atoms with Crippen molar-refractivity contribution in [2.75, 3.05) is 19.6 Å². The fraction of sp³-hybridized carbons (Fsp3) is 0.556. The molecule has 2 rings (SSSR count). The first-order valence-corrected chi connectivity index (χ1v) is 10.2. The Kier molecular flexibility index (Phi) is 5.77. The van der Waals surface area contributed by atoms with Gasteiger partial charge in [-0.2, -0.15) is 4.31 Å². The molecule has 1 aliphatic rings. The highest BCUT2D eigenvalue weighted by molar-refractivity contribution is 7.89. The van der Waals surface area contributed by atoms with Gasteiger partial charge in [0.05, 0.1) is 4.90 Å². The van der Waals surface area contributed by atoms with E-state index < -0.39 is 27.4 Å². The molecule has 26 heavy (non-hydrogen) atoms. The average molecular weight is 382 g/mol. The molecule has 0 aliphatic carbocycles. The number of sulfonamides is 1. The molecule has 8 heteroatoms. The summed E-state index contributed by atoms with van der Waals surface area (Å²) in [4.78, 5) is 26.1. The molecule has 1 fully saturated rings. The van der Waals surface area contributed by atoms with Crippen molar-refractivity contribution in [3.63, 3.8) is 0 Å². The van der Waals surface area contributed by atoms with Crippen molar-refractivity contribution in [3.05, 3.63) is 29.3 Å². The van der Waals surface area contributed by atoms with E-state index in [0.29, 0.717) is 38.0 Å². The lowest BCUT2D eigenvalue weighted by Crippen LogP contribution is -2.50. The Morgan fingerprint density at radius 1 is 1.27 bits per heavy atom. The lowest BCUT2D eigenvalue weighted by Gasteiger charge is -2.31. The molecule has 1 amide bonds. The van der Waals surface area contributed by atoms with Gasteiger partial charge in [0, 0.05) is 25.2 Å². The Bertz CT molecular complexity index is 817. The Morgan fingerprint density at radius 2 is 1.88 bits per heavy atom. The summed E-state index contributed by atoms with van der Waals surface area (Å²) in [6.07, 6.45) is 0.982. The van der Waals surface area contributed by atoms with Crippen LogP contribution in [0.2, 0.25) is 0 Å². The number of benzene rings is 1. The Morgan fingerprint density at radius 3 is 2.42 bits per heavy atom. The lowest BCUT2D eigenvalue weighted by molar-refractivity contribution is -0.147. The van der Waals surface area contributed by atoms with Gasteiger partial charge < -0.3 is 10.0 Å². The smallest absolute Gasteiger partial charge is 0.329 e. The monoisotopic (exact) mass is 382 g/mol. The number of carboxylic acids is 1. The quantitative estimate of drug-likeness (QED) is 0.813. The summed E-state index contributed by atoms with van der Waals surface area (Å²) in [7, 11) is -3.70. The molecule has 0 saturated carbocycles. The van der Waals surface area contributed by atoms with E-state index in [1.807, 2.05) is 0 Å². The molecule has 1 heterocycles. The molecule has 1 aromatic carbocycles. The van der Waals surface area contributed by atoms with Gasteiger partial charge in [0.1, 0.15) is 5.54 Å². The van der Waals surface area contributed by atoms with Crippen LogP contribution >= 0.6 is 0 Å². The minimum absolute atomic E-state index is 0.0476. The highest BCUT2D eigenvalue weighted by Gasteiger charge is 2.46. The van der Waals surface area contributed by atoms with E-state index in [1.165, 1.54) is 28.3 Å². The number of carbonyl (C=O) groups excluding carboxylic acids is 1. The molecular formula is C18H26N2O5S. The van der Waals surface area contributed by atoms with Crippen molar-refractivity contribution >= 4 is 21.9 Å². The van der Waals surface area contributed by atoms with Crippen molar-refractivity contribution < 1.29 is 23.1 Å². The molecule has 1 atom stereocenters. The van der Waals surface area contributed by atoms with Gasteiger partial charge in [0.25, 0.3) is 5.91 Å². The van der Waals surface area contributed by atoms with Crippen LogP contribution in [0.15, 0.2) is 23.1 Å². The molecule has 7 nitrogen and oxygen atoms in total. The summed E-state index contributed by atoms with van der Waals surface area (Å²) in [6.45, 7) is 7.77. The first-order chi connectivity index (χ1) is 12.1. The summed E-state index contributed by atoms with van der Waals surface area (Å²) in [5.41, 5.74) is -0.419. The maximum absolute atomic E-state index is 13.0. The van der Waals surface area contributed by atoms with Crippen LogP contribution in [-0.2, 0) is 14.8 Å². The van der Waals surface area contributed by atoms with Crippen LogP contribution in [0, 0.1) is 6.92 Å². The number of carbonyl (C=O) groups is 2. The Labute approximate surface area is 154 Å². The molecule has 0 aromatic heterocycles. The van der Waals surface area contributed by atoms with Crippen LogP contribution in [0.25, 0.3) is 0 Å². The molecule has 1 aromatic rings. The molecule has 1 saturated heterocycles. The predicted molar refractivity (Wildman–Crippen MR) is 97.6 cm³/mol. The minimum Gasteiger partial charge on any atom is -0.480 e. The Balaban J connectivity index is 2.48. The van der Waals surface area contributed by atoms with Crippen LogP contribution in [0.1, 0.15) is 49.5 Å². The number of rotatable bonds is 6. The van der Waals surface area contributed by atoms with Crippen molar-refractivity contribution in [1.29, 1.82) is 0 Å². The first kappa shape index (κ1) is 20.4. The molecule has 1 unspecified atom stereocenters. The number of hydrogen-bond donors (Lipinski definition) is 1. The Hall–Kier alpha value is -1.93. The van der Waals surface area contributed by atoms with Crippen LogP contribution in [0.5, 0.6) is 0 Å². The highest BCUT2D eigenvalue weighted by Crippen LogP contribution is 2.32.